The molecule has 0 aliphatic carbocycles. The predicted molar refractivity (Wildman–Crippen MR) is 52.1 cm³/mol. The highest BCUT2D eigenvalue weighted by Crippen LogP contribution is 2.26. The van der Waals surface area contributed by atoms with E-state index in [1.807, 2.05) is 0 Å². The number of hydrogen-bond donors (Lipinski definition) is 1. The number of alkyl halides is 3. The van der Waals surface area contributed by atoms with Gasteiger partial charge in [0.1, 0.15) is 5.75 Å². The van der Waals surface area contributed by atoms with Gasteiger partial charge in [0, 0.05) is 6.42 Å². The van der Waals surface area contributed by atoms with Crippen molar-refractivity contribution in [2.24, 2.45) is 0 Å². The molecule has 0 saturated carbocycles. The number of carboxylic acid groups (broad SMARTS) is 1. The van der Waals surface area contributed by atoms with Crippen LogP contribution in [0.25, 0.3) is 0 Å². The third-order valence-electron chi connectivity index (χ3n) is 1.69. The van der Waals surface area contributed by atoms with Gasteiger partial charge in [-0.1, -0.05) is 0 Å². The van der Waals surface area contributed by atoms with Gasteiger partial charge in [-0.05, 0) is 17.9 Å². The Kier molecular flexibility index (Phi) is 4.17. The summed E-state index contributed by atoms with van der Waals surface area (Å²) in [6, 6.07) is 1.43. The molecule has 1 aromatic heterocycles. The van der Waals surface area contributed by atoms with Crippen LogP contribution in [0, 0.1) is 0 Å². The summed E-state index contributed by atoms with van der Waals surface area (Å²) in [5.74, 6) is -1.01. The van der Waals surface area contributed by atoms with Crippen LogP contribution < -0.4 is 4.74 Å². The zero-order valence-corrected chi connectivity index (χ0v) is 8.90. The van der Waals surface area contributed by atoms with Gasteiger partial charge >= 0.3 is 12.1 Å². The van der Waals surface area contributed by atoms with Crippen molar-refractivity contribution in [3.8, 4) is 5.75 Å². The van der Waals surface area contributed by atoms with Crippen LogP contribution in [0.2, 0.25) is 0 Å². The minimum Gasteiger partial charge on any atom is -0.492 e. The van der Waals surface area contributed by atoms with Crippen molar-refractivity contribution in [3.63, 3.8) is 0 Å². The van der Waals surface area contributed by atoms with E-state index in [-0.39, 0.29) is 23.7 Å². The summed E-state index contributed by atoms with van der Waals surface area (Å²) in [5.41, 5.74) is 0. The molecule has 0 aliphatic heterocycles. The molecule has 1 N–H and O–H groups in total. The Morgan fingerprint density at radius 3 is 2.75 bits per heavy atom. The number of thiophene rings is 1. The second-order valence-corrected chi connectivity index (χ2v) is 3.90. The number of carbonyl (C=O) groups is 1. The molecule has 0 unspecified atom stereocenters. The highest BCUT2D eigenvalue weighted by molar-refractivity contribution is 7.12. The first-order valence-corrected chi connectivity index (χ1v) is 5.28. The van der Waals surface area contributed by atoms with Crippen molar-refractivity contribution in [2.75, 3.05) is 6.61 Å². The van der Waals surface area contributed by atoms with Crippen molar-refractivity contribution < 1.29 is 27.8 Å². The van der Waals surface area contributed by atoms with E-state index in [0.29, 0.717) is 0 Å². The molecule has 1 rings (SSSR count). The van der Waals surface area contributed by atoms with E-state index in [2.05, 4.69) is 0 Å². The Morgan fingerprint density at radius 1 is 1.50 bits per heavy atom. The summed E-state index contributed by atoms with van der Waals surface area (Å²) < 4.78 is 40.3. The number of hydrogen-bond acceptors (Lipinski definition) is 3. The van der Waals surface area contributed by atoms with Crippen LogP contribution in [-0.4, -0.2) is 23.9 Å². The first-order chi connectivity index (χ1) is 7.40. The summed E-state index contributed by atoms with van der Waals surface area (Å²) >= 11 is 0.974. The number of aromatic carboxylic acids is 1. The molecule has 0 bridgehead atoms. The van der Waals surface area contributed by atoms with Gasteiger partial charge in [-0.15, -0.1) is 11.3 Å². The monoisotopic (exact) mass is 254 g/mol. The summed E-state index contributed by atoms with van der Waals surface area (Å²) in [6.07, 6.45) is -5.31. The lowest BCUT2D eigenvalue weighted by atomic mass is 10.3. The maximum Gasteiger partial charge on any atom is 0.389 e. The number of carboxylic acids is 1. The second kappa shape index (κ2) is 5.20. The summed E-state index contributed by atoms with van der Waals surface area (Å²) in [7, 11) is 0. The van der Waals surface area contributed by atoms with Gasteiger partial charge in [0.05, 0.1) is 6.61 Å². The van der Waals surface area contributed by atoms with E-state index in [0.717, 1.165) is 11.3 Å². The van der Waals surface area contributed by atoms with E-state index in [9.17, 15) is 18.0 Å². The molecule has 3 nitrogen and oxygen atoms in total. The lowest BCUT2D eigenvalue weighted by molar-refractivity contribution is -0.136. The number of halogens is 3. The molecular weight excluding hydrogens is 245 g/mol. The van der Waals surface area contributed by atoms with Crippen molar-refractivity contribution in [3.05, 3.63) is 16.3 Å². The molecule has 16 heavy (non-hydrogen) atoms. The fourth-order valence-electron chi connectivity index (χ4n) is 1.02. The van der Waals surface area contributed by atoms with Gasteiger partial charge in [-0.3, -0.25) is 0 Å². The molecule has 1 heterocycles. The lowest BCUT2D eigenvalue weighted by Gasteiger charge is -2.07. The Morgan fingerprint density at radius 2 is 2.19 bits per heavy atom. The van der Waals surface area contributed by atoms with Gasteiger partial charge in [-0.2, -0.15) is 13.2 Å². The molecule has 0 amide bonds. The van der Waals surface area contributed by atoms with Crippen molar-refractivity contribution >= 4 is 17.3 Å². The third-order valence-corrected chi connectivity index (χ3v) is 2.57. The Labute approximate surface area is 93.5 Å². The molecule has 0 aromatic carbocycles. The minimum absolute atomic E-state index is 0.00649. The summed E-state index contributed by atoms with van der Waals surface area (Å²) in [5, 5.41) is 10.2. The molecular formula is C9H9F3O3S. The normalized spacial score (nSPS) is 11.4. The molecule has 7 heteroatoms. The fraction of sp³-hybridized carbons (Fsp3) is 0.444. The first kappa shape index (κ1) is 12.8. The van der Waals surface area contributed by atoms with Gasteiger partial charge in [-0.25, -0.2) is 4.79 Å². The van der Waals surface area contributed by atoms with E-state index in [4.69, 9.17) is 9.84 Å². The average molecular weight is 254 g/mol. The molecule has 0 radical (unpaired) electrons. The minimum atomic E-state index is -4.20. The largest absolute Gasteiger partial charge is 0.492 e. The van der Waals surface area contributed by atoms with Crippen molar-refractivity contribution in [1.29, 1.82) is 0 Å². The van der Waals surface area contributed by atoms with Gasteiger partial charge in [0.15, 0.2) is 4.88 Å². The van der Waals surface area contributed by atoms with Crippen molar-refractivity contribution in [1.82, 2.24) is 0 Å². The molecule has 90 valence electrons. The Hall–Kier alpha value is -1.24. The van der Waals surface area contributed by atoms with Gasteiger partial charge in [0.25, 0.3) is 0 Å². The fourth-order valence-corrected chi connectivity index (χ4v) is 1.69. The first-order valence-electron chi connectivity index (χ1n) is 4.40. The molecule has 0 saturated heterocycles. The molecule has 1 aromatic rings. The highest BCUT2D eigenvalue weighted by Gasteiger charge is 2.26. The van der Waals surface area contributed by atoms with E-state index >= 15 is 0 Å². The zero-order chi connectivity index (χ0) is 12.2. The smallest absolute Gasteiger partial charge is 0.389 e. The van der Waals surface area contributed by atoms with Crippen LogP contribution in [0.5, 0.6) is 5.75 Å². The third kappa shape index (κ3) is 4.09. The van der Waals surface area contributed by atoms with Gasteiger partial charge in [0.2, 0.25) is 0 Å². The van der Waals surface area contributed by atoms with Crippen LogP contribution in [0.4, 0.5) is 13.2 Å². The van der Waals surface area contributed by atoms with E-state index in [1.165, 1.54) is 11.4 Å². The van der Waals surface area contributed by atoms with Crippen LogP contribution in [0.15, 0.2) is 11.4 Å². The Balaban J connectivity index is 2.38. The molecule has 0 fully saturated rings. The molecule has 0 aliphatic rings. The Bertz CT molecular complexity index is 359. The standard InChI is InChI=1S/C9H9F3O3S/c10-9(11,12)3-1-4-15-6-2-5-16-7(6)8(13)14/h2,5H,1,3-4H2,(H,13,14). The van der Waals surface area contributed by atoms with E-state index < -0.39 is 18.6 Å². The zero-order valence-electron chi connectivity index (χ0n) is 8.08. The summed E-state index contributed by atoms with van der Waals surface area (Å²) in [6.45, 7) is -0.142. The molecule has 0 spiro atoms. The highest BCUT2D eigenvalue weighted by atomic mass is 32.1. The average Bonchev–Trinajstić information content (AvgIpc) is 2.58. The predicted octanol–water partition coefficient (Wildman–Crippen LogP) is 3.17. The SMILES string of the molecule is O=C(O)c1sccc1OCCCC(F)(F)F. The maximum absolute atomic E-state index is 11.8. The summed E-state index contributed by atoms with van der Waals surface area (Å²) in [4.78, 5) is 10.6. The maximum atomic E-state index is 11.8. The lowest BCUT2D eigenvalue weighted by Crippen LogP contribution is -2.10. The number of rotatable bonds is 5. The van der Waals surface area contributed by atoms with Crippen molar-refractivity contribution in [2.45, 2.75) is 19.0 Å². The topological polar surface area (TPSA) is 46.5 Å². The molecule has 0 atom stereocenters. The van der Waals surface area contributed by atoms with Crippen LogP contribution in [-0.2, 0) is 0 Å². The van der Waals surface area contributed by atoms with E-state index in [1.54, 1.807) is 0 Å². The quantitative estimate of drug-likeness (QED) is 0.821. The van der Waals surface area contributed by atoms with Crippen LogP contribution >= 0.6 is 11.3 Å². The second-order valence-electron chi connectivity index (χ2n) is 2.99. The number of ether oxygens (including phenoxy) is 1. The van der Waals surface area contributed by atoms with Crippen LogP contribution in [0.1, 0.15) is 22.5 Å². The van der Waals surface area contributed by atoms with Crippen LogP contribution in [0.3, 0.4) is 0 Å². The van der Waals surface area contributed by atoms with Gasteiger partial charge < -0.3 is 9.84 Å².